The zero-order valence-corrected chi connectivity index (χ0v) is 13.9. The van der Waals surface area contributed by atoms with E-state index in [2.05, 4.69) is 17.4 Å². The molecule has 0 radical (unpaired) electrons. The van der Waals surface area contributed by atoms with E-state index in [9.17, 15) is 4.79 Å². The Bertz CT molecular complexity index is 488. The number of hydrogen-bond donors (Lipinski definition) is 2. The molecule has 122 valence electrons. The van der Waals surface area contributed by atoms with E-state index in [-0.39, 0.29) is 17.6 Å². The van der Waals surface area contributed by atoms with Crippen LogP contribution in [-0.4, -0.2) is 18.2 Å². The maximum absolute atomic E-state index is 12.3. The zero-order valence-electron chi connectivity index (χ0n) is 13.9. The van der Waals surface area contributed by atoms with Crippen molar-refractivity contribution in [2.24, 2.45) is 11.1 Å². The highest BCUT2D eigenvalue weighted by molar-refractivity contribution is 5.68. The van der Waals surface area contributed by atoms with E-state index in [1.54, 1.807) is 0 Å². The number of benzene rings is 1. The summed E-state index contributed by atoms with van der Waals surface area (Å²) in [5.74, 6) is 0. The normalized spacial score (nSPS) is 18.7. The molecule has 4 nitrogen and oxygen atoms in total. The molecule has 22 heavy (non-hydrogen) atoms. The standard InChI is InChI=1S/C18H28N2O2/c1-17(2,3)22-16(21)20-15(14-9-5-4-6-10-14)18(13-19)11-7-8-12-18/h4-6,9-10,15H,7-8,11-13,19H2,1-3H3,(H,20,21). The van der Waals surface area contributed by atoms with Gasteiger partial charge in [0.25, 0.3) is 0 Å². The smallest absolute Gasteiger partial charge is 0.408 e. The van der Waals surface area contributed by atoms with Crippen LogP contribution >= 0.6 is 0 Å². The highest BCUT2D eigenvalue weighted by atomic mass is 16.6. The molecular formula is C18H28N2O2. The quantitative estimate of drug-likeness (QED) is 0.890. The lowest BCUT2D eigenvalue weighted by Crippen LogP contribution is -2.45. The van der Waals surface area contributed by atoms with E-state index in [0.717, 1.165) is 31.2 Å². The molecule has 1 atom stereocenters. The maximum atomic E-state index is 12.3. The molecule has 1 fully saturated rings. The third kappa shape index (κ3) is 4.01. The number of nitrogens with two attached hydrogens (primary N) is 1. The van der Waals surface area contributed by atoms with Gasteiger partial charge in [0, 0.05) is 12.0 Å². The van der Waals surface area contributed by atoms with Crippen molar-refractivity contribution in [2.45, 2.75) is 58.1 Å². The number of hydrogen-bond acceptors (Lipinski definition) is 3. The minimum atomic E-state index is -0.503. The van der Waals surface area contributed by atoms with Gasteiger partial charge in [0.1, 0.15) is 5.60 Å². The highest BCUT2D eigenvalue weighted by Crippen LogP contribution is 2.46. The first kappa shape index (κ1) is 16.8. The Morgan fingerprint density at radius 2 is 1.86 bits per heavy atom. The second-order valence-electron chi connectivity index (χ2n) is 7.26. The lowest BCUT2D eigenvalue weighted by molar-refractivity contribution is 0.0443. The molecule has 1 aromatic rings. The average molecular weight is 304 g/mol. The van der Waals surface area contributed by atoms with Crippen molar-refractivity contribution in [3.63, 3.8) is 0 Å². The summed E-state index contributed by atoms with van der Waals surface area (Å²) in [5.41, 5.74) is 6.64. The van der Waals surface area contributed by atoms with Gasteiger partial charge in [0.05, 0.1) is 6.04 Å². The SMILES string of the molecule is CC(C)(C)OC(=O)NC(c1ccccc1)C1(CN)CCCC1. The van der Waals surface area contributed by atoms with Crippen LogP contribution in [0.2, 0.25) is 0 Å². The summed E-state index contributed by atoms with van der Waals surface area (Å²) < 4.78 is 5.45. The number of rotatable bonds is 4. The Hall–Kier alpha value is -1.55. The van der Waals surface area contributed by atoms with E-state index in [0.29, 0.717) is 6.54 Å². The molecule has 1 aromatic carbocycles. The lowest BCUT2D eigenvalue weighted by atomic mass is 9.75. The van der Waals surface area contributed by atoms with Gasteiger partial charge >= 0.3 is 6.09 Å². The second kappa shape index (κ2) is 6.69. The molecule has 4 heteroatoms. The largest absolute Gasteiger partial charge is 0.444 e. The zero-order chi connectivity index (χ0) is 16.2. The van der Waals surface area contributed by atoms with Crippen molar-refractivity contribution in [3.05, 3.63) is 35.9 Å². The van der Waals surface area contributed by atoms with Crippen LogP contribution < -0.4 is 11.1 Å². The molecule has 0 spiro atoms. The molecule has 0 aliphatic heterocycles. The van der Waals surface area contributed by atoms with Gasteiger partial charge in [-0.25, -0.2) is 4.79 Å². The fourth-order valence-corrected chi connectivity index (χ4v) is 3.35. The van der Waals surface area contributed by atoms with Crippen molar-refractivity contribution < 1.29 is 9.53 Å². The van der Waals surface area contributed by atoms with Crippen molar-refractivity contribution in [1.82, 2.24) is 5.32 Å². The van der Waals surface area contributed by atoms with Crippen molar-refractivity contribution in [3.8, 4) is 0 Å². The average Bonchev–Trinajstić information content (AvgIpc) is 2.94. The van der Waals surface area contributed by atoms with Gasteiger partial charge in [-0.3, -0.25) is 0 Å². The minimum Gasteiger partial charge on any atom is -0.444 e. The third-order valence-electron chi connectivity index (χ3n) is 4.41. The number of carbonyl (C=O) groups is 1. The molecule has 1 unspecified atom stereocenters. The van der Waals surface area contributed by atoms with Crippen LogP contribution in [0.4, 0.5) is 4.79 Å². The lowest BCUT2D eigenvalue weighted by Gasteiger charge is -2.37. The molecule has 1 saturated carbocycles. The molecular weight excluding hydrogens is 276 g/mol. The van der Waals surface area contributed by atoms with Crippen molar-refractivity contribution >= 4 is 6.09 Å². The van der Waals surface area contributed by atoms with Crippen LogP contribution in [0.15, 0.2) is 30.3 Å². The molecule has 1 aliphatic rings. The van der Waals surface area contributed by atoms with Crippen molar-refractivity contribution in [2.75, 3.05) is 6.54 Å². The van der Waals surface area contributed by atoms with Gasteiger partial charge in [0.15, 0.2) is 0 Å². The molecule has 1 aliphatic carbocycles. The van der Waals surface area contributed by atoms with E-state index >= 15 is 0 Å². The van der Waals surface area contributed by atoms with Gasteiger partial charge in [-0.05, 0) is 39.2 Å². The van der Waals surface area contributed by atoms with Gasteiger partial charge < -0.3 is 15.8 Å². The Morgan fingerprint density at radius 1 is 1.27 bits per heavy atom. The van der Waals surface area contributed by atoms with Crippen LogP contribution in [0, 0.1) is 5.41 Å². The highest BCUT2D eigenvalue weighted by Gasteiger charge is 2.42. The Kier molecular flexibility index (Phi) is 5.12. The fourth-order valence-electron chi connectivity index (χ4n) is 3.35. The Labute approximate surface area is 133 Å². The molecule has 0 aromatic heterocycles. The first-order valence-corrected chi connectivity index (χ1v) is 8.11. The van der Waals surface area contributed by atoms with Crippen LogP contribution in [0.25, 0.3) is 0 Å². The number of carbonyl (C=O) groups excluding carboxylic acids is 1. The maximum Gasteiger partial charge on any atom is 0.408 e. The summed E-state index contributed by atoms with van der Waals surface area (Å²) in [4.78, 5) is 12.3. The van der Waals surface area contributed by atoms with Crippen LogP contribution in [0.1, 0.15) is 58.1 Å². The topological polar surface area (TPSA) is 64.3 Å². The van der Waals surface area contributed by atoms with E-state index in [1.165, 1.54) is 0 Å². The molecule has 1 amide bonds. The molecule has 0 heterocycles. The Morgan fingerprint density at radius 3 is 2.36 bits per heavy atom. The molecule has 3 N–H and O–H groups in total. The van der Waals surface area contributed by atoms with Crippen molar-refractivity contribution in [1.29, 1.82) is 0 Å². The second-order valence-corrected chi connectivity index (χ2v) is 7.26. The minimum absolute atomic E-state index is 0.0712. The number of ether oxygens (including phenoxy) is 1. The number of alkyl carbamates (subject to hydrolysis) is 1. The third-order valence-corrected chi connectivity index (χ3v) is 4.41. The summed E-state index contributed by atoms with van der Waals surface area (Å²) in [5, 5.41) is 3.08. The fraction of sp³-hybridized carbons (Fsp3) is 0.611. The summed E-state index contributed by atoms with van der Waals surface area (Å²) in [6.07, 6.45) is 4.03. The summed E-state index contributed by atoms with van der Waals surface area (Å²) in [6.45, 7) is 6.19. The van der Waals surface area contributed by atoms with E-state index < -0.39 is 5.60 Å². The van der Waals surface area contributed by atoms with Crippen LogP contribution in [-0.2, 0) is 4.74 Å². The summed E-state index contributed by atoms with van der Waals surface area (Å²) >= 11 is 0. The van der Waals surface area contributed by atoms with Crippen LogP contribution in [0.3, 0.4) is 0 Å². The molecule has 0 saturated heterocycles. The van der Waals surface area contributed by atoms with E-state index in [4.69, 9.17) is 10.5 Å². The van der Waals surface area contributed by atoms with Gasteiger partial charge in [-0.2, -0.15) is 0 Å². The number of amides is 1. The van der Waals surface area contributed by atoms with Gasteiger partial charge in [-0.1, -0.05) is 43.2 Å². The Balaban J connectivity index is 2.25. The van der Waals surface area contributed by atoms with Gasteiger partial charge in [0.2, 0.25) is 0 Å². The predicted octanol–water partition coefficient (Wildman–Crippen LogP) is 3.77. The number of nitrogens with one attached hydrogen (secondary N) is 1. The first-order chi connectivity index (χ1) is 10.4. The first-order valence-electron chi connectivity index (χ1n) is 8.11. The summed E-state index contributed by atoms with van der Waals surface area (Å²) in [7, 11) is 0. The monoisotopic (exact) mass is 304 g/mol. The summed E-state index contributed by atoms with van der Waals surface area (Å²) in [6, 6.07) is 9.99. The molecule has 2 rings (SSSR count). The van der Waals surface area contributed by atoms with Crippen LogP contribution in [0.5, 0.6) is 0 Å². The molecule has 0 bridgehead atoms. The van der Waals surface area contributed by atoms with Gasteiger partial charge in [-0.15, -0.1) is 0 Å². The van der Waals surface area contributed by atoms with E-state index in [1.807, 2.05) is 39.0 Å². The predicted molar refractivity (Wildman–Crippen MR) is 88.5 cm³/mol.